The minimum Gasteiger partial charge on any atom is -0.496 e. The third kappa shape index (κ3) is 19.6. The SMILES string of the molecule is COc1ccccc1[C@H](CN1C(=O)C2(CCN(C(=O)C(=O)O)CC2)C(=O)c2c1sc(-c1ncco1)c2C)OC1CCOCC1.COc1ccccc1[C@H](CN1C(=O)C2(CCN(C(=O)C(=O)O)CC2)C(=O)c2c1sc(-c1ncco1)c2C)OC1CCOCC1.COc1ccccc1[C@H](CN1C(=O)C2(CCNCC2)C(=O)c2c1sc(-c1ncco1)c2C)OC1CCOCC1.O=C(Cl)C(=O)Cl. The van der Waals surface area contributed by atoms with Gasteiger partial charge in [-0.25, -0.2) is 24.5 Å². The molecule has 133 heavy (non-hydrogen) atoms. The largest absolute Gasteiger partial charge is 0.496 e. The minimum absolute atomic E-state index is 0.00337. The van der Waals surface area contributed by atoms with Crippen LogP contribution in [0.25, 0.3) is 32.3 Å². The summed E-state index contributed by atoms with van der Waals surface area (Å²) in [5, 5.41) is 21.1. The number of nitrogens with zero attached hydrogens (tertiary/aromatic N) is 8. The van der Waals surface area contributed by atoms with Crippen molar-refractivity contribution in [2.24, 2.45) is 16.2 Å². The van der Waals surface area contributed by atoms with Gasteiger partial charge < -0.3 is 81.2 Å². The number of hydrogen-bond donors (Lipinski definition) is 3. The lowest BCUT2D eigenvalue weighted by molar-refractivity contribution is -0.157. The molecule has 5 amide bonds. The molecule has 6 fully saturated rings. The van der Waals surface area contributed by atoms with E-state index in [1.807, 2.05) is 93.6 Å². The van der Waals surface area contributed by atoms with Crippen LogP contribution in [0.5, 0.6) is 17.2 Å². The lowest BCUT2D eigenvalue weighted by Gasteiger charge is -2.45. The average molecular weight is 1930 g/mol. The van der Waals surface area contributed by atoms with Crippen LogP contribution in [0.2, 0.25) is 0 Å². The van der Waals surface area contributed by atoms with Gasteiger partial charge in [0.15, 0.2) is 17.3 Å². The van der Waals surface area contributed by atoms with Crippen molar-refractivity contribution >= 4 is 142 Å². The number of ketones is 3. The number of Topliss-reactive ketones (excluding diaryl/α,β-unsaturated/α-hetero) is 3. The summed E-state index contributed by atoms with van der Waals surface area (Å²) in [5.41, 5.74) is 1.90. The zero-order chi connectivity index (χ0) is 94.2. The van der Waals surface area contributed by atoms with E-state index in [4.69, 9.17) is 55.9 Å². The van der Waals surface area contributed by atoms with Crippen molar-refractivity contribution in [3.8, 4) is 49.6 Å². The van der Waals surface area contributed by atoms with Crippen LogP contribution >= 0.6 is 57.2 Å². The first-order valence-corrected chi connectivity index (χ1v) is 46.8. The van der Waals surface area contributed by atoms with Crippen molar-refractivity contribution in [3.63, 3.8) is 0 Å². The van der Waals surface area contributed by atoms with Crippen LogP contribution in [0.4, 0.5) is 15.0 Å². The topological polar surface area (TPSA) is 435 Å². The molecule has 0 bridgehead atoms. The fourth-order valence-corrected chi connectivity index (χ4v) is 22.5. The molecule has 3 atom stereocenters. The van der Waals surface area contributed by atoms with Gasteiger partial charge in [0.1, 0.15) is 85.6 Å². The minimum atomic E-state index is -1.57. The number of amides is 5. The number of anilines is 3. The number of methoxy groups -OCH3 is 3. The van der Waals surface area contributed by atoms with Crippen LogP contribution in [0.15, 0.2) is 123 Å². The number of carboxylic acid groups (broad SMARTS) is 2. The van der Waals surface area contributed by atoms with E-state index in [0.717, 1.165) is 40.0 Å². The van der Waals surface area contributed by atoms with Crippen molar-refractivity contribution < 1.29 is 124 Å². The second-order valence-electron chi connectivity index (χ2n) is 33.2. The van der Waals surface area contributed by atoms with Crippen LogP contribution in [0, 0.1) is 37.0 Å². The maximum Gasteiger partial charge on any atom is 0.394 e. The number of piperidine rings is 3. The summed E-state index contributed by atoms with van der Waals surface area (Å²) in [6.45, 7) is 10.7. The number of hydrogen-bond acceptors (Lipinski definition) is 31. The van der Waals surface area contributed by atoms with Crippen molar-refractivity contribution in [2.45, 2.75) is 134 Å². The van der Waals surface area contributed by atoms with Gasteiger partial charge in [0.05, 0.1) is 109 Å². The van der Waals surface area contributed by atoms with Gasteiger partial charge >= 0.3 is 34.2 Å². The summed E-state index contributed by atoms with van der Waals surface area (Å²) >= 11 is 12.9. The summed E-state index contributed by atoms with van der Waals surface area (Å²) in [4.78, 5) is 175. The molecule has 15 heterocycles. The molecular formula is C93H99Cl2N9O26S3. The molecule has 6 aromatic heterocycles. The number of halogens is 2. The number of carboxylic acids is 2. The number of fused-ring (bicyclic) bond motifs is 3. The number of benzene rings is 3. The van der Waals surface area contributed by atoms with E-state index in [0.29, 0.717) is 179 Å². The Hall–Kier alpha value is -11.3. The van der Waals surface area contributed by atoms with Crippen molar-refractivity contribution in [1.82, 2.24) is 30.1 Å². The summed E-state index contributed by atoms with van der Waals surface area (Å²) in [6, 6.07) is 22.8. The number of aromatic nitrogens is 3. The predicted molar refractivity (Wildman–Crippen MR) is 484 cm³/mol. The fraction of sp³-hybridized carbons (Fsp3) is 0.452. The van der Waals surface area contributed by atoms with Gasteiger partial charge in [-0.3, -0.25) is 62.6 Å². The first-order valence-electron chi connectivity index (χ1n) is 43.6. The smallest absolute Gasteiger partial charge is 0.394 e. The molecule has 18 rings (SSSR count). The molecule has 40 heteroatoms. The highest BCUT2D eigenvalue weighted by Gasteiger charge is 2.60. The van der Waals surface area contributed by atoms with E-state index in [1.165, 1.54) is 75.0 Å². The van der Waals surface area contributed by atoms with E-state index < -0.39 is 80.6 Å². The number of nitrogens with one attached hydrogen (secondary N) is 1. The van der Waals surface area contributed by atoms with Gasteiger partial charge in [0.2, 0.25) is 35.4 Å². The Morgan fingerprint density at radius 2 is 0.707 bits per heavy atom. The van der Waals surface area contributed by atoms with Gasteiger partial charge in [-0.2, -0.15) is 0 Å². The molecule has 0 aliphatic carbocycles. The number of aliphatic carboxylic acids is 2. The predicted octanol–water partition coefficient (Wildman–Crippen LogP) is 12.8. The monoisotopic (exact) mass is 1920 g/mol. The molecule has 3 spiro atoms. The highest BCUT2D eigenvalue weighted by molar-refractivity contribution is 7.21. The molecule has 0 saturated carbocycles. The Labute approximate surface area is 785 Å². The maximum absolute atomic E-state index is 14.7. The lowest BCUT2D eigenvalue weighted by atomic mass is 9.69. The maximum atomic E-state index is 14.7. The van der Waals surface area contributed by atoms with Gasteiger partial charge in [0.25, 0.3) is 0 Å². The highest BCUT2D eigenvalue weighted by Crippen LogP contribution is 2.57. The quantitative estimate of drug-likeness (QED) is 0.0322. The molecule has 9 aromatic rings. The first-order chi connectivity index (χ1) is 64.2. The number of rotatable bonds is 22. The Bertz CT molecular complexity index is 5550. The van der Waals surface area contributed by atoms with E-state index in [1.54, 1.807) is 42.2 Å². The number of para-hydroxylation sites is 3. The number of thiophene rings is 3. The molecule has 3 N–H and O–H groups in total. The molecular weight excluding hydrogens is 1830 g/mol. The third-order valence-electron chi connectivity index (χ3n) is 25.8. The standard InChI is InChI=1S/2C31H33N3O9S.C29H33N3O6S.C2Cl2O2/c2*1-18-23-25(35)31(9-12-33(13-10-31)27(36)29(37)38)30(39)34(28(23)44-24(18)26-32-11-16-42-26)17-22(43-19-7-14-41-15-8-19)20-5-3-4-6-21(20)40-2;1-18-23-25(33)29(9-11-30-12-10-29)28(34)32(27(23)39-24(18)26-31-13-16-37-26)17-22(38-19-7-14-36-15-8-19)20-5-3-4-6-21(20)35-2;3-1(5)2(4)6/h2*3-6,11,16,19,22H,7-10,12-15,17H2,1-2H3,(H,37,38);3-6,13,16,19,22,30H,7-12,14-15,17H2,1-2H3;/t3*22-;/m000./s1. The molecule has 9 aliphatic rings. The number of ether oxygens (including phenoxy) is 9. The fourth-order valence-electron chi connectivity index (χ4n) is 18.7. The molecule has 35 nitrogen and oxygen atoms in total. The number of carbonyl (C=O) groups is 12. The second-order valence-corrected chi connectivity index (χ2v) is 36.9. The zero-order valence-electron chi connectivity index (χ0n) is 73.7. The number of oxazole rings is 3. The lowest BCUT2D eigenvalue weighted by Crippen LogP contribution is -2.59. The van der Waals surface area contributed by atoms with Gasteiger partial charge in [-0.05, 0) is 169 Å². The average Bonchev–Trinajstić information content (AvgIpc) is 1.63. The van der Waals surface area contributed by atoms with Crippen LogP contribution < -0.4 is 34.2 Å². The molecule has 0 radical (unpaired) electrons. The van der Waals surface area contributed by atoms with E-state index in [2.05, 4.69) is 43.5 Å². The molecule has 704 valence electrons. The Morgan fingerprint density at radius 3 is 0.955 bits per heavy atom. The number of likely N-dealkylation sites (tertiary alicyclic amines) is 2. The Balaban J connectivity index is 0.000000148. The number of carbonyl (C=O) groups excluding carboxylic acids is 10. The Kier molecular flexibility index (Phi) is 30.5. The zero-order valence-corrected chi connectivity index (χ0v) is 77.7. The van der Waals surface area contributed by atoms with Crippen molar-refractivity contribution in [1.29, 1.82) is 0 Å². The summed E-state index contributed by atoms with van der Waals surface area (Å²) in [6.07, 6.45) is 12.5. The van der Waals surface area contributed by atoms with Crippen LogP contribution in [0.1, 0.15) is 160 Å². The highest BCUT2D eigenvalue weighted by atomic mass is 35.5. The third-order valence-corrected chi connectivity index (χ3v) is 30.2. The van der Waals surface area contributed by atoms with E-state index in [-0.39, 0.29) is 113 Å². The normalized spacial score (nSPS) is 19.0. The van der Waals surface area contributed by atoms with Crippen molar-refractivity contribution in [2.75, 3.05) is 135 Å². The molecule has 6 saturated heterocycles. The summed E-state index contributed by atoms with van der Waals surface area (Å²) in [5.74, 6) is -3.86. The van der Waals surface area contributed by atoms with E-state index >= 15 is 0 Å². The second kappa shape index (κ2) is 42.1. The first kappa shape index (κ1) is 96.3. The van der Waals surface area contributed by atoms with Crippen LogP contribution in [-0.2, 0) is 71.6 Å². The van der Waals surface area contributed by atoms with Crippen molar-refractivity contribution in [3.05, 3.63) is 160 Å². The van der Waals surface area contributed by atoms with Gasteiger partial charge in [-0.15, -0.1) is 34.0 Å². The van der Waals surface area contributed by atoms with Gasteiger partial charge in [-0.1, -0.05) is 54.6 Å². The van der Waals surface area contributed by atoms with Crippen LogP contribution in [-0.4, -0.2) is 242 Å². The molecule has 0 unspecified atom stereocenters. The summed E-state index contributed by atoms with van der Waals surface area (Å²) in [7, 11) is 4.81. The molecule has 9 aliphatic heterocycles. The summed E-state index contributed by atoms with van der Waals surface area (Å²) < 4.78 is 70.6. The van der Waals surface area contributed by atoms with Crippen LogP contribution in [0.3, 0.4) is 0 Å². The van der Waals surface area contributed by atoms with Gasteiger partial charge in [0, 0.05) is 82.5 Å². The Morgan fingerprint density at radius 1 is 0.436 bits per heavy atom. The van der Waals surface area contributed by atoms with E-state index in [9.17, 15) is 67.7 Å². The molecule has 3 aromatic carbocycles.